The SMILES string of the molecule is Cc1cccc2c(-c3ccc(S(=O)(=O)NCCN4CCOCC4)cc3)c[nH]c12. The maximum atomic E-state index is 12.6. The Kier molecular flexibility index (Phi) is 5.50. The topological polar surface area (TPSA) is 74.4 Å². The van der Waals surface area contributed by atoms with Crippen LogP contribution in [0.1, 0.15) is 5.56 Å². The van der Waals surface area contributed by atoms with Crippen molar-refractivity contribution in [1.29, 1.82) is 0 Å². The zero-order valence-electron chi connectivity index (χ0n) is 15.9. The van der Waals surface area contributed by atoms with Crippen LogP contribution in [0, 0.1) is 6.92 Å². The van der Waals surface area contributed by atoms with Gasteiger partial charge in [-0.2, -0.15) is 0 Å². The first kappa shape index (κ1) is 19.1. The van der Waals surface area contributed by atoms with Gasteiger partial charge >= 0.3 is 0 Å². The molecule has 28 heavy (non-hydrogen) atoms. The minimum absolute atomic E-state index is 0.286. The van der Waals surface area contributed by atoms with Gasteiger partial charge in [-0.05, 0) is 30.2 Å². The molecule has 2 N–H and O–H groups in total. The molecule has 1 aromatic heterocycles. The van der Waals surface area contributed by atoms with Crippen molar-refractivity contribution in [3.8, 4) is 11.1 Å². The van der Waals surface area contributed by atoms with Crippen molar-refractivity contribution in [2.75, 3.05) is 39.4 Å². The molecule has 3 aromatic rings. The zero-order valence-corrected chi connectivity index (χ0v) is 16.8. The monoisotopic (exact) mass is 399 g/mol. The van der Waals surface area contributed by atoms with Crippen LogP contribution < -0.4 is 4.72 Å². The molecule has 1 aliphatic heterocycles. The number of nitrogens with zero attached hydrogens (tertiary/aromatic N) is 1. The molecule has 6 nitrogen and oxygen atoms in total. The lowest BCUT2D eigenvalue weighted by molar-refractivity contribution is 0.0390. The fourth-order valence-corrected chi connectivity index (χ4v) is 4.63. The Labute approximate surface area is 165 Å². The Balaban J connectivity index is 1.46. The number of aryl methyl sites for hydroxylation is 1. The van der Waals surface area contributed by atoms with Crippen molar-refractivity contribution in [2.24, 2.45) is 0 Å². The quantitative estimate of drug-likeness (QED) is 0.668. The number of hydrogen-bond acceptors (Lipinski definition) is 4. The molecular formula is C21H25N3O3S. The van der Waals surface area contributed by atoms with Crippen LogP contribution in [0.25, 0.3) is 22.0 Å². The van der Waals surface area contributed by atoms with Crippen LogP contribution in [-0.4, -0.2) is 57.7 Å². The number of aromatic amines is 1. The summed E-state index contributed by atoms with van der Waals surface area (Å²) >= 11 is 0. The second-order valence-corrected chi connectivity index (χ2v) is 8.84. The van der Waals surface area contributed by atoms with Crippen molar-refractivity contribution in [3.05, 3.63) is 54.2 Å². The molecule has 0 saturated carbocycles. The predicted octanol–water partition coefficient (Wildman–Crippen LogP) is 2.75. The number of hydrogen-bond donors (Lipinski definition) is 2. The third-order valence-corrected chi connectivity index (χ3v) is 6.70. The Bertz CT molecular complexity index is 1050. The standard InChI is InChI=1S/C21H25N3O3S/c1-16-3-2-4-19-20(15-22-21(16)19)17-5-7-18(8-6-17)28(25,26)23-9-10-24-11-13-27-14-12-24/h2-8,15,22-23H,9-14H2,1H3. The van der Waals surface area contributed by atoms with E-state index in [1.165, 1.54) is 5.56 Å². The molecule has 1 saturated heterocycles. The Hall–Kier alpha value is -2.19. The molecule has 2 aromatic carbocycles. The summed E-state index contributed by atoms with van der Waals surface area (Å²) in [6, 6.07) is 13.2. The number of fused-ring (bicyclic) bond motifs is 1. The summed E-state index contributed by atoms with van der Waals surface area (Å²) < 4.78 is 33.1. The maximum Gasteiger partial charge on any atom is 0.240 e. The fourth-order valence-electron chi connectivity index (χ4n) is 3.60. The molecule has 1 fully saturated rings. The number of aromatic nitrogens is 1. The highest BCUT2D eigenvalue weighted by Crippen LogP contribution is 2.30. The molecule has 148 valence electrons. The predicted molar refractivity (Wildman–Crippen MR) is 111 cm³/mol. The van der Waals surface area contributed by atoms with E-state index in [4.69, 9.17) is 4.74 Å². The van der Waals surface area contributed by atoms with E-state index < -0.39 is 10.0 Å². The fraction of sp³-hybridized carbons (Fsp3) is 0.333. The van der Waals surface area contributed by atoms with Gasteiger partial charge in [-0.3, -0.25) is 4.90 Å². The molecule has 0 amide bonds. The van der Waals surface area contributed by atoms with E-state index in [9.17, 15) is 8.42 Å². The number of morpholine rings is 1. The molecular weight excluding hydrogens is 374 g/mol. The number of benzene rings is 2. The van der Waals surface area contributed by atoms with Crippen molar-refractivity contribution in [1.82, 2.24) is 14.6 Å². The molecule has 2 heterocycles. The summed E-state index contributed by atoms with van der Waals surface area (Å²) in [6.45, 7) is 6.27. The number of rotatable bonds is 6. The summed E-state index contributed by atoms with van der Waals surface area (Å²) in [4.78, 5) is 5.80. The largest absolute Gasteiger partial charge is 0.379 e. The zero-order chi connectivity index (χ0) is 19.6. The molecule has 0 unspecified atom stereocenters. The van der Waals surface area contributed by atoms with Gasteiger partial charge < -0.3 is 9.72 Å². The lowest BCUT2D eigenvalue weighted by atomic mass is 10.0. The number of H-pyrrole nitrogens is 1. The van der Waals surface area contributed by atoms with Gasteiger partial charge in [0.15, 0.2) is 0 Å². The Morgan fingerprint density at radius 3 is 2.61 bits per heavy atom. The van der Waals surface area contributed by atoms with Gasteiger partial charge in [-0.15, -0.1) is 0 Å². The summed E-state index contributed by atoms with van der Waals surface area (Å²) in [6.07, 6.45) is 1.97. The molecule has 0 bridgehead atoms. The normalized spacial score (nSPS) is 15.9. The second kappa shape index (κ2) is 8.05. The van der Waals surface area contributed by atoms with E-state index in [1.54, 1.807) is 12.1 Å². The van der Waals surface area contributed by atoms with Crippen LogP contribution in [-0.2, 0) is 14.8 Å². The molecule has 0 spiro atoms. The number of sulfonamides is 1. The highest BCUT2D eigenvalue weighted by molar-refractivity contribution is 7.89. The number of ether oxygens (including phenoxy) is 1. The highest BCUT2D eigenvalue weighted by atomic mass is 32.2. The second-order valence-electron chi connectivity index (χ2n) is 7.08. The first-order valence-electron chi connectivity index (χ1n) is 9.51. The average molecular weight is 400 g/mol. The summed E-state index contributed by atoms with van der Waals surface area (Å²) in [5, 5.41) is 1.14. The molecule has 0 radical (unpaired) electrons. The molecule has 7 heteroatoms. The van der Waals surface area contributed by atoms with Crippen molar-refractivity contribution < 1.29 is 13.2 Å². The van der Waals surface area contributed by atoms with Crippen LogP contribution >= 0.6 is 0 Å². The van der Waals surface area contributed by atoms with Gasteiger partial charge in [0.25, 0.3) is 0 Å². The molecule has 1 aliphatic rings. The van der Waals surface area contributed by atoms with Gasteiger partial charge in [-0.25, -0.2) is 13.1 Å². The summed E-state index contributed by atoms with van der Waals surface area (Å²) in [5.74, 6) is 0. The van der Waals surface area contributed by atoms with Crippen LogP contribution in [0.3, 0.4) is 0 Å². The first-order chi connectivity index (χ1) is 13.5. The number of para-hydroxylation sites is 1. The maximum absolute atomic E-state index is 12.6. The van der Waals surface area contributed by atoms with Crippen LogP contribution in [0.4, 0.5) is 0 Å². The van der Waals surface area contributed by atoms with E-state index >= 15 is 0 Å². The lowest BCUT2D eigenvalue weighted by Crippen LogP contribution is -2.41. The van der Waals surface area contributed by atoms with E-state index in [0.717, 1.165) is 35.1 Å². The van der Waals surface area contributed by atoms with Gasteiger partial charge in [0.05, 0.1) is 18.1 Å². The van der Waals surface area contributed by atoms with Crippen LogP contribution in [0.5, 0.6) is 0 Å². The highest BCUT2D eigenvalue weighted by Gasteiger charge is 2.16. The number of nitrogens with one attached hydrogen (secondary N) is 2. The third kappa shape index (κ3) is 3.98. The Morgan fingerprint density at radius 2 is 1.86 bits per heavy atom. The van der Waals surface area contributed by atoms with Crippen LogP contribution in [0.15, 0.2) is 53.6 Å². The van der Waals surface area contributed by atoms with Gasteiger partial charge in [-0.1, -0.05) is 30.3 Å². The van der Waals surface area contributed by atoms with Gasteiger partial charge in [0, 0.05) is 48.8 Å². The molecule has 0 atom stereocenters. The van der Waals surface area contributed by atoms with E-state index in [2.05, 4.69) is 33.7 Å². The minimum atomic E-state index is -3.51. The molecule has 0 aliphatic carbocycles. The third-order valence-electron chi connectivity index (χ3n) is 5.22. The van der Waals surface area contributed by atoms with Gasteiger partial charge in [0.2, 0.25) is 10.0 Å². The average Bonchev–Trinajstić information content (AvgIpc) is 3.14. The van der Waals surface area contributed by atoms with Gasteiger partial charge in [0.1, 0.15) is 0 Å². The van der Waals surface area contributed by atoms with Crippen molar-refractivity contribution in [3.63, 3.8) is 0 Å². The van der Waals surface area contributed by atoms with E-state index in [-0.39, 0.29) is 4.90 Å². The smallest absolute Gasteiger partial charge is 0.240 e. The van der Waals surface area contributed by atoms with E-state index in [0.29, 0.717) is 26.3 Å². The minimum Gasteiger partial charge on any atom is -0.379 e. The first-order valence-corrected chi connectivity index (χ1v) is 11.0. The lowest BCUT2D eigenvalue weighted by Gasteiger charge is -2.26. The Morgan fingerprint density at radius 1 is 1.11 bits per heavy atom. The van der Waals surface area contributed by atoms with E-state index in [1.807, 2.05) is 24.4 Å². The van der Waals surface area contributed by atoms with Crippen LogP contribution in [0.2, 0.25) is 0 Å². The summed E-state index contributed by atoms with van der Waals surface area (Å²) in [5.41, 5.74) is 4.36. The van der Waals surface area contributed by atoms with Crippen molar-refractivity contribution in [2.45, 2.75) is 11.8 Å². The molecule has 4 rings (SSSR count). The van der Waals surface area contributed by atoms with Crippen molar-refractivity contribution >= 4 is 20.9 Å². The summed E-state index contributed by atoms with van der Waals surface area (Å²) in [7, 11) is -3.51.